The summed E-state index contributed by atoms with van der Waals surface area (Å²) >= 11 is 0. The largest absolute Gasteiger partial charge is 0.0993 e. The van der Waals surface area contributed by atoms with Gasteiger partial charge in [0.2, 0.25) is 0 Å². The fourth-order valence-electron chi connectivity index (χ4n) is 1.83. The van der Waals surface area contributed by atoms with Gasteiger partial charge < -0.3 is 0 Å². The molecule has 3 fully saturated rings. The average Bonchev–Trinajstić information content (AvgIpc) is 2.18. The van der Waals surface area contributed by atoms with E-state index in [-0.39, 0.29) is 0 Å². The van der Waals surface area contributed by atoms with Crippen LogP contribution in [0.1, 0.15) is 19.3 Å². The summed E-state index contributed by atoms with van der Waals surface area (Å²) in [5.74, 6) is 1.93. The quantitative estimate of drug-likeness (QED) is 0.402. The Kier molecular flexibility index (Phi) is 0.495. The van der Waals surface area contributed by atoms with Gasteiger partial charge in [-0.2, -0.15) is 0 Å². The Labute approximate surface area is 44.2 Å². The van der Waals surface area contributed by atoms with Crippen molar-refractivity contribution in [3.05, 3.63) is 12.2 Å². The lowest BCUT2D eigenvalue weighted by Gasteiger charge is -2.26. The number of hydrogen-bond acceptors (Lipinski definition) is 0. The van der Waals surface area contributed by atoms with Gasteiger partial charge in [-0.25, -0.2) is 0 Å². The van der Waals surface area contributed by atoms with Gasteiger partial charge in [0.25, 0.3) is 0 Å². The van der Waals surface area contributed by atoms with Gasteiger partial charge in [-0.15, -0.1) is 0 Å². The summed E-state index contributed by atoms with van der Waals surface area (Å²) in [5, 5.41) is 0. The summed E-state index contributed by atoms with van der Waals surface area (Å²) in [6.07, 6.45) is 4.37. The van der Waals surface area contributed by atoms with Gasteiger partial charge in [0.15, 0.2) is 0 Å². The zero-order valence-electron chi connectivity index (χ0n) is 4.48. The molecule has 0 radical (unpaired) electrons. The molecule has 3 aliphatic carbocycles. The van der Waals surface area contributed by atoms with E-state index in [0.29, 0.717) is 0 Å². The van der Waals surface area contributed by atoms with Crippen LogP contribution >= 0.6 is 0 Å². The zero-order valence-corrected chi connectivity index (χ0v) is 4.48. The Bertz CT molecular complexity index is 97.2. The van der Waals surface area contributed by atoms with Crippen molar-refractivity contribution in [3.63, 3.8) is 0 Å². The highest BCUT2D eigenvalue weighted by Crippen LogP contribution is 2.51. The molecule has 0 amide bonds. The molecule has 0 nitrogen and oxygen atoms in total. The van der Waals surface area contributed by atoms with Crippen LogP contribution in [0.15, 0.2) is 12.2 Å². The summed E-state index contributed by atoms with van der Waals surface area (Å²) in [4.78, 5) is 0. The second kappa shape index (κ2) is 0.936. The van der Waals surface area contributed by atoms with Crippen molar-refractivity contribution in [1.82, 2.24) is 0 Å². The van der Waals surface area contributed by atoms with E-state index in [9.17, 15) is 0 Å². The van der Waals surface area contributed by atoms with Crippen LogP contribution in [0.4, 0.5) is 0 Å². The van der Waals surface area contributed by atoms with E-state index in [1.165, 1.54) is 19.3 Å². The van der Waals surface area contributed by atoms with Crippen LogP contribution in [-0.2, 0) is 0 Å². The Hall–Kier alpha value is -0.260. The van der Waals surface area contributed by atoms with E-state index >= 15 is 0 Å². The third kappa shape index (κ3) is 0.287. The molecule has 2 unspecified atom stereocenters. The third-order valence-electron chi connectivity index (χ3n) is 2.48. The molecule has 0 aliphatic heterocycles. The molecule has 0 heterocycles. The second-order valence-electron chi connectivity index (χ2n) is 2.78. The molecule has 0 heteroatoms. The Morgan fingerprint density at radius 2 is 1.86 bits per heavy atom. The number of allylic oxidation sites excluding steroid dienone is 1. The third-order valence-corrected chi connectivity index (χ3v) is 2.48. The van der Waals surface area contributed by atoms with E-state index in [1.807, 2.05) is 0 Å². The highest BCUT2D eigenvalue weighted by atomic mass is 14.4. The molecule has 3 aliphatic rings. The fraction of sp³-hybridized carbons (Fsp3) is 0.714. The highest BCUT2D eigenvalue weighted by Gasteiger charge is 2.39. The topological polar surface area (TPSA) is 0 Å². The second-order valence-corrected chi connectivity index (χ2v) is 2.78. The normalized spacial score (nSPS) is 46.6. The summed E-state index contributed by atoms with van der Waals surface area (Å²) in [6.45, 7) is 3.98. The number of fused-ring (bicyclic) bond motifs is 1. The van der Waals surface area contributed by atoms with Crippen LogP contribution in [0, 0.1) is 11.8 Å². The standard InChI is InChI=1S/C7H10/c1-5-6-2-3-7(5)4-6/h6-7H,1-4H2. The van der Waals surface area contributed by atoms with E-state index in [2.05, 4.69) is 6.58 Å². The van der Waals surface area contributed by atoms with E-state index in [1.54, 1.807) is 5.57 Å². The van der Waals surface area contributed by atoms with Gasteiger partial charge in [0, 0.05) is 0 Å². The summed E-state index contributed by atoms with van der Waals surface area (Å²) < 4.78 is 0. The van der Waals surface area contributed by atoms with Crippen LogP contribution in [0.2, 0.25) is 0 Å². The minimum absolute atomic E-state index is 0.963. The van der Waals surface area contributed by atoms with Gasteiger partial charge in [-0.3, -0.25) is 0 Å². The van der Waals surface area contributed by atoms with Gasteiger partial charge in [0.05, 0.1) is 0 Å². The van der Waals surface area contributed by atoms with Gasteiger partial charge in [0.1, 0.15) is 0 Å². The maximum Gasteiger partial charge on any atom is -0.0197 e. The molecular weight excluding hydrogens is 84.1 g/mol. The minimum Gasteiger partial charge on any atom is -0.0993 e. The van der Waals surface area contributed by atoms with Crippen LogP contribution in [0.3, 0.4) is 0 Å². The van der Waals surface area contributed by atoms with Crippen LogP contribution in [0.5, 0.6) is 0 Å². The zero-order chi connectivity index (χ0) is 4.85. The SMILES string of the molecule is C=C1C2CCC1C2. The Morgan fingerprint density at radius 3 is 2.00 bits per heavy atom. The molecule has 0 aromatic carbocycles. The number of hydrogen-bond donors (Lipinski definition) is 0. The monoisotopic (exact) mass is 94.1 g/mol. The molecule has 38 valence electrons. The maximum absolute atomic E-state index is 3.98. The molecule has 0 saturated heterocycles. The van der Waals surface area contributed by atoms with E-state index in [4.69, 9.17) is 0 Å². The van der Waals surface area contributed by atoms with E-state index < -0.39 is 0 Å². The average molecular weight is 94.2 g/mol. The van der Waals surface area contributed by atoms with Crippen LogP contribution < -0.4 is 0 Å². The first-order chi connectivity index (χ1) is 3.38. The van der Waals surface area contributed by atoms with Crippen molar-refractivity contribution in [1.29, 1.82) is 0 Å². The molecule has 3 saturated carbocycles. The highest BCUT2D eigenvalue weighted by molar-refractivity contribution is 5.20. The molecule has 0 N–H and O–H groups in total. The Balaban J connectivity index is 2.29. The fourth-order valence-corrected chi connectivity index (χ4v) is 1.83. The lowest BCUT2D eigenvalue weighted by atomic mass is 9.80. The molecule has 0 aromatic rings. The smallest absolute Gasteiger partial charge is 0.0197 e. The predicted octanol–water partition coefficient (Wildman–Crippen LogP) is 1.97. The van der Waals surface area contributed by atoms with Crippen LogP contribution in [0.25, 0.3) is 0 Å². The van der Waals surface area contributed by atoms with Crippen molar-refractivity contribution >= 4 is 0 Å². The maximum atomic E-state index is 3.98. The first kappa shape index (κ1) is 3.71. The van der Waals surface area contributed by atoms with Gasteiger partial charge in [-0.1, -0.05) is 12.2 Å². The van der Waals surface area contributed by atoms with Crippen molar-refractivity contribution in [2.75, 3.05) is 0 Å². The van der Waals surface area contributed by atoms with Crippen LogP contribution in [-0.4, -0.2) is 0 Å². The lowest BCUT2D eigenvalue weighted by Crippen LogP contribution is -2.14. The molecular formula is C7H10. The summed E-state index contributed by atoms with van der Waals surface area (Å²) in [7, 11) is 0. The molecule has 0 spiro atoms. The van der Waals surface area contributed by atoms with E-state index in [0.717, 1.165) is 11.8 Å². The predicted molar refractivity (Wildman–Crippen MR) is 30.0 cm³/mol. The molecule has 2 atom stereocenters. The summed E-state index contributed by atoms with van der Waals surface area (Å²) in [5.41, 5.74) is 1.56. The molecule has 7 heavy (non-hydrogen) atoms. The molecule has 0 aromatic heterocycles. The minimum atomic E-state index is 0.963. The van der Waals surface area contributed by atoms with Crippen molar-refractivity contribution in [2.24, 2.45) is 11.8 Å². The summed E-state index contributed by atoms with van der Waals surface area (Å²) in [6, 6.07) is 0. The van der Waals surface area contributed by atoms with Crippen molar-refractivity contribution in [3.8, 4) is 0 Å². The first-order valence-electron chi connectivity index (χ1n) is 3.06. The van der Waals surface area contributed by atoms with Crippen molar-refractivity contribution < 1.29 is 0 Å². The first-order valence-corrected chi connectivity index (χ1v) is 3.06. The van der Waals surface area contributed by atoms with Gasteiger partial charge >= 0.3 is 0 Å². The van der Waals surface area contributed by atoms with Crippen molar-refractivity contribution in [2.45, 2.75) is 19.3 Å². The van der Waals surface area contributed by atoms with Gasteiger partial charge in [-0.05, 0) is 31.1 Å². The molecule has 3 rings (SSSR count). The number of rotatable bonds is 0. The lowest BCUT2D eigenvalue weighted by molar-refractivity contribution is 0.447. The molecule has 2 bridgehead atoms. The Morgan fingerprint density at radius 1 is 1.29 bits per heavy atom.